The lowest BCUT2D eigenvalue weighted by molar-refractivity contribution is 0.156. The van der Waals surface area contributed by atoms with Gasteiger partial charge in [-0.05, 0) is 25.7 Å². The highest BCUT2D eigenvalue weighted by molar-refractivity contribution is 7.86. The first-order chi connectivity index (χ1) is 9.91. The lowest BCUT2D eigenvalue weighted by atomic mass is 10.0. The number of aliphatic hydroxyl groups is 1. The third-order valence-electron chi connectivity index (χ3n) is 4.07. The van der Waals surface area contributed by atoms with E-state index < -0.39 is 15.4 Å². The zero-order valence-electron chi connectivity index (χ0n) is 13.8. The molecule has 0 rings (SSSR count). The van der Waals surface area contributed by atoms with Gasteiger partial charge in [0.25, 0.3) is 10.1 Å². The summed E-state index contributed by atoms with van der Waals surface area (Å²) >= 11 is 0. The molecule has 0 aromatic carbocycles. The molecular formula is C16H34O4S. The Morgan fingerprint density at radius 2 is 1.29 bits per heavy atom. The molecule has 5 heteroatoms. The minimum atomic E-state index is -3.87. The molecule has 2 unspecified atom stereocenters. The molecule has 0 aliphatic carbocycles. The van der Waals surface area contributed by atoms with Gasteiger partial charge < -0.3 is 5.11 Å². The first-order valence-electron chi connectivity index (χ1n) is 8.56. The molecule has 0 amide bonds. The fraction of sp³-hybridized carbons (Fsp3) is 1.00. The van der Waals surface area contributed by atoms with Crippen LogP contribution in [0.1, 0.15) is 90.9 Å². The van der Waals surface area contributed by atoms with Crippen LogP contribution in [0.3, 0.4) is 0 Å². The molecule has 0 radical (unpaired) electrons. The van der Waals surface area contributed by atoms with Gasteiger partial charge >= 0.3 is 0 Å². The van der Waals surface area contributed by atoms with Crippen molar-refractivity contribution in [2.75, 3.05) is 0 Å². The van der Waals surface area contributed by atoms with E-state index in [4.69, 9.17) is 4.55 Å². The van der Waals surface area contributed by atoms with Crippen LogP contribution >= 0.6 is 0 Å². The topological polar surface area (TPSA) is 74.6 Å². The highest BCUT2D eigenvalue weighted by atomic mass is 32.2. The molecule has 2 N–H and O–H groups in total. The molecule has 0 saturated carbocycles. The number of rotatable bonds is 14. The van der Waals surface area contributed by atoms with Crippen LogP contribution < -0.4 is 0 Å². The quantitative estimate of drug-likeness (QED) is 0.369. The molecule has 2 atom stereocenters. The fourth-order valence-electron chi connectivity index (χ4n) is 2.60. The average molecular weight is 323 g/mol. The van der Waals surface area contributed by atoms with Crippen molar-refractivity contribution in [3.8, 4) is 0 Å². The maximum Gasteiger partial charge on any atom is 0.267 e. The molecule has 0 aliphatic heterocycles. The van der Waals surface area contributed by atoms with E-state index in [0.29, 0.717) is 12.8 Å². The van der Waals surface area contributed by atoms with Gasteiger partial charge in [-0.25, -0.2) is 0 Å². The summed E-state index contributed by atoms with van der Waals surface area (Å²) in [7, 11) is -3.87. The van der Waals surface area contributed by atoms with Gasteiger partial charge in [0.1, 0.15) is 0 Å². The maximum absolute atomic E-state index is 11.2. The average Bonchev–Trinajstić information content (AvgIpc) is 2.42. The molecule has 0 spiro atoms. The van der Waals surface area contributed by atoms with Gasteiger partial charge in [-0.15, -0.1) is 0 Å². The van der Waals surface area contributed by atoms with E-state index in [9.17, 15) is 13.5 Å². The summed E-state index contributed by atoms with van der Waals surface area (Å²) in [6.07, 6.45) is 11.2. The van der Waals surface area contributed by atoms with E-state index in [-0.39, 0.29) is 6.10 Å². The first-order valence-corrected chi connectivity index (χ1v) is 10.1. The normalized spacial score (nSPS) is 15.0. The SMILES string of the molecule is CCCC(CCCCCCCCCC(O)CC)S(=O)(=O)O. The predicted molar refractivity (Wildman–Crippen MR) is 88.1 cm³/mol. The van der Waals surface area contributed by atoms with E-state index in [2.05, 4.69) is 0 Å². The molecule has 0 heterocycles. The van der Waals surface area contributed by atoms with Crippen molar-refractivity contribution in [2.45, 2.75) is 102 Å². The molecule has 0 aliphatic rings. The van der Waals surface area contributed by atoms with Crippen molar-refractivity contribution >= 4 is 10.1 Å². The van der Waals surface area contributed by atoms with Gasteiger partial charge in [0.05, 0.1) is 11.4 Å². The Bertz CT molecular complexity index is 327. The molecule has 21 heavy (non-hydrogen) atoms. The Balaban J connectivity index is 3.50. The summed E-state index contributed by atoms with van der Waals surface area (Å²) < 4.78 is 31.5. The van der Waals surface area contributed by atoms with Crippen LogP contribution in [0.25, 0.3) is 0 Å². The summed E-state index contributed by atoms with van der Waals surface area (Å²) in [5, 5.41) is 8.85. The van der Waals surface area contributed by atoms with Crippen molar-refractivity contribution in [3.05, 3.63) is 0 Å². The van der Waals surface area contributed by atoms with E-state index in [1.807, 2.05) is 13.8 Å². The number of aliphatic hydroxyl groups excluding tert-OH is 1. The molecule has 4 nitrogen and oxygen atoms in total. The zero-order valence-corrected chi connectivity index (χ0v) is 14.6. The summed E-state index contributed by atoms with van der Waals surface area (Å²) in [5.41, 5.74) is 0. The monoisotopic (exact) mass is 322 g/mol. The molecule has 0 bridgehead atoms. The van der Waals surface area contributed by atoms with Gasteiger partial charge in [0.15, 0.2) is 0 Å². The van der Waals surface area contributed by atoms with Crippen LogP contribution in [0.15, 0.2) is 0 Å². The van der Waals surface area contributed by atoms with Crippen LogP contribution in [0.4, 0.5) is 0 Å². The van der Waals surface area contributed by atoms with Crippen LogP contribution in [0, 0.1) is 0 Å². The smallest absolute Gasteiger partial charge is 0.267 e. The molecule has 0 saturated heterocycles. The van der Waals surface area contributed by atoms with E-state index in [1.165, 1.54) is 19.3 Å². The highest BCUT2D eigenvalue weighted by Crippen LogP contribution is 2.17. The summed E-state index contributed by atoms with van der Waals surface area (Å²) in [6, 6.07) is 0. The minimum absolute atomic E-state index is 0.138. The highest BCUT2D eigenvalue weighted by Gasteiger charge is 2.20. The van der Waals surface area contributed by atoms with Crippen LogP contribution in [0.2, 0.25) is 0 Å². The Labute approximate surface area is 131 Å². The third kappa shape index (κ3) is 12.1. The maximum atomic E-state index is 11.2. The second kappa shape index (κ2) is 12.4. The lowest BCUT2D eigenvalue weighted by Crippen LogP contribution is -2.20. The van der Waals surface area contributed by atoms with Gasteiger partial charge in [-0.1, -0.05) is 65.2 Å². The second-order valence-corrected chi connectivity index (χ2v) is 7.74. The minimum Gasteiger partial charge on any atom is -0.393 e. The standard InChI is InChI=1S/C16H34O4S/c1-3-12-16(21(18,19)20)14-11-9-7-5-6-8-10-13-15(17)4-2/h15-17H,3-14H2,1-2H3,(H,18,19,20). The van der Waals surface area contributed by atoms with Crippen molar-refractivity contribution in [3.63, 3.8) is 0 Å². The Morgan fingerprint density at radius 3 is 1.71 bits per heavy atom. The van der Waals surface area contributed by atoms with Crippen molar-refractivity contribution in [2.24, 2.45) is 0 Å². The van der Waals surface area contributed by atoms with E-state index in [0.717, 1.165) is 44.9 Å². The van der Waals surface area contributed by atoms with Crippen LogP contribution in [-0.4, -0.2) is 29.4 Å². The Kier molecular flexibility index (Phi) is 12.3. The van der Waals surface area contributed by atoms with E-state index in [1.54, 1.807) is 0 Å². The first kappa shape index (κ1) is 20.9. The number of hydrogen-bond donors (Lipinski definition) is 2. The fourth-order valence-corrected chi connectivity index (χ4v) is 3.60. The Morgan fingerprint density at radius 1 is 0.810 bits per heavy atom. The Hall–Kier alpha value is -0.130. The second-order valence-electron chi connectivity index (χ2n) is 6.04. The molecule has 0 aromatic rings. The van der Waals surface area contributed by atoms with Gasteiger partial charge in [-0.2, -0.15) is 8.42 Å². The predicted octanol–water partition coefficient (Wildman–Crippen LogP) is 4.32. The van der Waals surface area contributed by atoms with Gasteiger partial charge in [-0.3, -0.25) is 4.55 Å². The molecule has 0 fully saturated rings. The van der Waals surface area contributed by atoms with Crippen molar-refractivity contribution in [1.29, 1.82) is 0 Å². The third-order valence-corrected chi connectivity index (χ3v) is 5.38. The van der Waals surface area contributed by atoms with Crippen LogP contribution in [0.5, 0.6) is 0 Å². The lowest BCUT2D eigenvalue weighted by Gasteiger charge is -2.12. The summed E-state index contributed by atoms with van der Waals surface area (Å²) in [4.78, 5) is 0. The number of hydrogen-bond acceptors (Lipinski definition) is 3. The van der Waals surface area contributed by atoms with Gasteiger partial charge in [0.2, 0.25) is 0 Å². The summed E-state index contributed by atoms with van der Waals surface area (Å²) in [5.74, 6) is 0. The molecule has 128 valence electrons. The number of unbranched alkanes of at least 4 members (excludes halogenated alkanes) is 6. The summed E-state index contributed by atoms with van der Waals surface area (Å²) in [6.45, 7) is 3.94. The molecule has 0 aromatic heterocycles. The van der Waals surface area contributed by atoms with E-state index >= 15 is 0 Å². The zero-order chi connectivity index (χ0) is 16.1. The van der Waals surface area contributed by atoms with Crippen molar-refractivity contribution in [1.82, 2.24) is 0 Å². The largest absolute Gasteiger partial charge is 0.393 e. The van der Waals surface area contributed by atoms with Gasteiger partial charge in [0, 0.05) is 0 Å². The van der Waals surface area contributed by atoms with Crippen LogP contribution in [-0.2, 0) is 10.1 Å². The molecular weight excluding hydrogens is 288 g/mol. The van der Waals surface area contributed by atoms with Crippen molar-refractivity contribution < 1.29 is 18.1 Å².